The lowest BCUT2D eigenvalue weighted by molar-refractivity contribution is -0.114. The predicted molar refractivity (Wildman–Crippen MR) is 143 cm³/mol. The molecule has 9 heteroatoms. The van der Waals surface area contributed by atoms with Crippen LogP contribution in [0, 0.1) is 0 Å². The van der Waals surface area contributed by atoms with Gasteiger partial charge in [-0.1, -0.05) is 29.3 Å². The van der Waals surface area contributed by atoms with Crippen molar-refractivity contribution in [2.45, 2.75) is 19.9 Å². The van der Waals surface area contributed by atoms with Crippen LogP contribution in [0.3, 0.4) is 0 Å². The van der Waals surface area contributed by atoms with E-state index in [4.69, 9.17) is 32.7 Å². The summed E-state index contributed by atoms with van der Waals surface area (Å²) in [5.41, 5.74) is 2.99. The monoisotopic (exact) mass is 538 g/mol. The fourth-order valence-corrected chi connectivity index (χ4v) is 4.46. The van der Waals surface area contributed by atoms with E-state index in [1.165, 1.54) is 0 Å². The van der Waals surface area contributed by atoms with Gasteiger partial charge >= 0.3 is 11.9 Å². The molecule has 1 N–H and O–H groups in total. The molecule has 1 unspecified atom stereocenters. The van der Waals surface area contributed by atoms with Gasteiger partial charge in [0, 0.05) is 21.4 Å². The summed E-state index contributed by atoms with van der Waals surface area (Å²) in [5.74, 6) is -1.15. The Kier molecular flexibility index (Phi) is 8.16. The molecule has 0 spiro atoms. The Morgan fingerprint density at radius 2 is 1.43 bits per heavy atom. The molecule has 0 aliphatic carbocycles. The van der Waals surface area contributed by atoms with E-state index in [9.17, 15) is 14.4 Å². The molecule has 1 aliphatic rings. The van der Waals surface area contributed by atoms with Crippen LogP contribution in [0.5, 0.6) is 0 Å². The first-order valence-corrected chi connectivity index (χ1v) is 12.4. The quantitative estimate of drug-likeness (QED) is 0.332. The molecule has 1 aliphatic heterocycles. The number of anilines is 2. The Labute approximate surface area is 224 Å². The second kappa shape index (κ2) is 11.5. The molecule has 3 aromatic rings. The summed E-state index contributed by atoms with van der Waals surface area (Å²) in [7, 11) is 0. The molecule has 0 radical (unpaired) electrons. The van der Waals surface area contributed by atoms with Gasteiger partial charge in [-0.25, -0.2) is 9.59 Å². The highest BCUT2D eigenvalue weighted by molar-refractivity contribution is 6.35. The van der Waals surface area contributed by atoms with Crippen LogP contribution in [0.25, 0.3) is 0 Å². The average Bonchev–Trinajstić information content (AvgIpc) is 3.20. The number of halogens is 2. The van der Waals surface area contributed by atoms with E-state index < -0.39 is 18.0 Å². The van der Waals surface area contributed by atoms with Crippen LogP contribution in [0.1, 0.15) is 46.2 Å². The summed E-state index contributed by atoms with van der Waals surface area (Å²) in [6.07, 6.45) is 1.77. The second-order valence-corrected chi connectivity index (χ2v) is 8.90. The van der Waals surface area contributed by atoms with E-state index in [0.29, 0.717) is 43.8 Å². The minimum Gasteiger partial charge on any atom is -0.462 e. The standard InChI is InChI=1S/C28H24Cl2N2O5/c1-3-36-27(34)17-5-10-20(11-6-17)31-24-16-25(22-14-9-19(29)15-23(22)30)32(26(24)33)21-12-7-18(8-13-21)28(35)37-4-2/h5-16,25,31H,3-4H2,1-2H3. The van der Waals surface area contributed by atoms with E-state index in [-0.39, 0.29) is 19.1 Å². The average molecular weight is 539 g/mol. The van der Waals surface area contributed by atoms with Crippen LogP contribution < -0.4 is 10.2 Å². The maximum absolute atomic E-state index is 13.6. The van der Waals surface area contributed by atoms with Gasteiger partial charge in [0.15, 0.2) is 0 Å². The third-order valence-corrected chi connectivity index (χ3v) is 6.23. The molecule has 190 valence electrons. The van der Waals surface area contributed by atoms with Crippen molar-refractivity contribution in [2.24, 2.45) is 0 Å². The van der Waals surface area contributed by atoms with Gasteiger partial charge in [-0.15, -0.1) is 0 Å². The molecule has 0 saturated heterocycles. The minimum atomic E-state index is -0.535. The number of nitrogens with zero attached hydrogens (tertiary/aromatic N) is 1. The normalized spacial score (nSPS) is 14.8. The van der Waals surface area contributed by atoms with Crippen molar-refractivity contribution in [2.75, 3.05) is 23.4 Å². The first kappa shape index (κ1) is 26.3. The number of ether oxygens (including phenoxy) is 2. The maximum atomic E-state index is 13.6. The van der Waals surface area contributed by atoms with Crippen LogP contribution in [0.2, 0.25) is 10.0 Å². The van der Waals surface area contributed by atoms with Gasteiger partial charge in [0.25, 0.3) is 5.91 Å². The van der Waals surface area contributed by atoms with Gasteiger partial charge in [0.1, 0.15) is 5.70 Å². The van der Waals surface area contributed by atoms with Crippen molar-refractivity contribution in [3.63, 3.8) is 0 Å². The fourth-order valence-electron chi connectivity index (χ4n) is 3.94. The molecule has 1 heterocycles. The van der Waals surface area contributed by atoms with Crippen LogP contribution in [0.15, 0.2) is 78.5 Å². The number of amides is 1. The van der Waals surface area contributed by atoms with Crippen LogP contribution in [-0.4, -0.2) is 31.1 Å². The Hall–Kier alpha value is -3.81. The fraction of sp³-hybridized carbons (Fsp3) is 0.179. The third-order valence-electron chi connectivity index (χ3n) is 5.66. The highest BCUT2D eigenvalue weighted by Crippen LogP contribution is 2.39. The van der Waals surface area contributed by atoms with E-state index >= 15 is 0 Å². The predicted octanol–water partition coefficient (Wildman–Crippen LogP) is 6.43. The lowest BCUT2D eigenvalue weighted by Crippen LogP contribution is -2.31. The van der Waals surface area contributed by atoms with Crippen LogP contribution >= 0.6 is 23.2 Å². The number of carbonyl (C=O) groups excluding carboxylic acids is 3. The molecule has 7 nitrogen and oxygen atoms in total. The molecule has 4 rings (SSSR count). The molecular formula is C28H24Cl2N2O5. The first-order chi connectivity index (χ1) is 17.8. The Morgan fingerprint density at radius 1 is 0.865 bits per heavy atom. The summed E-state index contributed by atoms with van der Waals surface area (Å²) < 4.78 is 10.1. The summed E-state index contributed by atoms with van der Waals surface area (Å²) in [6, 6.07) is 17.8. The number of esters is 2. The molecule has 3 aromatic carbocycles. The lowest BCUT2D eigenvalue weighted by atomic mass is 10.1. The van der Waals surface area contributed by atoms with E-state index in [1.54, 1.807) is 91.6 Å². The molecule has 0 saturated carbocycles. The minimum absolute atomic E-state index is 0.266. The maximum Gasteiger partial charge on any atom is 0.338 e. The van der Waals surface area contributed by atoms with Crippen molar-refractivity contribution in [3.8, 4) is 0 Å². The Bertz CT molecular complexity index is 1350. The first-order valence-electron chi connectivity index (χ1n) is 11.6. The van der Waals surface area contributed by atoms with Crippen molar-refractivity contribution in [1.82, 2.24) is 0 Å². The van der Waals surface area contributed by atoms with Gasteiger partial charge in [0.05, 0.1) is 30.4 Å². The third kappa shape index (κ3) is 5.79. The highest BCUT2D eigenvalue weighted by Gasteiger charge is 2.36. The van der Waals surface area contributed by atoms with Crippen molar-refractivity contribution in [3.05, 3.63) is 105 Å². The van der Waals surface area contributed by atoms with Gasteiger partial charge in [-0.3, -0.25) is 9.69 Å². The molecule has 1 amide bonds. The number of hydrogen-bond donors (Lipinski definition) is 1. The zero-order chi connectivity index (χ0) is 26.5. The van der Waals surface area contributed by atoms with Gasteiger partial charge in [-0.2, -0.15) is 0 Å². The van der Waals surface area contributed by atoms with E-state index in [0.717, 1.165) is 0 Å². The smallest absolute Gasteiger partial charge is 0.338 e. The van der Waals surface area contributed by atoms with Crippen molar-refractivity contribution >= 4 is 52.4 Å². The molecule has 0 aromatic heterocycles. The summed E-state index contributed by atoms with van der Waals surface area (Å²) in [4.78, 5) is 39.2. The van der Waals surface area contributed by atoms with Gasteiger partial charge < -0.3 is 14.8 Å². The molecule has 37 heavy (non-hydrogen) atoms. The van der Waals surface area contributed by atoms with Gasteiger partial charge in [0.2, 0.25) is 0 Å². The zero-order valence-corrected chi connectivity index (χ0v) is 21.7. The van der Waals surface area contributed by atoms with Crippen molar-refractivity contribution < 1.29 is 23.9 Å². The lowest BCUT2D eigenvalue weighted by Gasteiger charge is -2.26. The number of hydrogen-bond acceptors (Lipinski definition) is 6. The largest absolute Gasteiger partial charge is 0.462 e. The SMILES string of the molecule is CCOC(=O)c1ccc(NC2=CC(c3ccc(Cl)cc3Cl)N(c3ccc(C(=O)OCC)cc3)C2=O)cc1. The topological polar surface area (TPSA) is 84.9 Å². The molecular weight excluding hydrogens is 515 g/mol. The summed E-state index contributed by atoms with van der Waals surface area (Å²) >= 11 is 12.6. The van der Waals surface area contributed by atoms with Crippen molar-refractivity contribution in [1.29, 1.82) is 0 Å². The highest BCUT2D eigenvalue weighted by atomic mass is 35.5. The zero-order valence-electron chi connectivity index (χ0n) is 20.2. The Morgan fingerprint density at radius 3 is 1.97 bits per heavy atom. The number of rotatable bonds is 8. The number of nitrogens with one attached hydrogen (secondary N) is 1. The molecule has 1 atom stereocenters. The second-order valence-electron chi connectivity index (χ2n) is 8.06. The van der Waals surface area contributed by atoms with E-state index in [2.05, 4.69) is 5.32 Å². The summed E-state index contributed by atoms with van der Waals surface area (Å²) in [5, 5.41) is 4.03. The summed E-state index contributed by atoms with van der Waals surface area (Å²) in [6.45, 7) is 4.03. The van der Waals surface area contributed by atoms with Crippen LogP contribution in [-0.2, 0) is 14.3 Å². The van der Waals surface area contributed by atoms with E-state index in [1.807, 2.05) is 0 Å². The molecule has 0 fully saturated rings. The number of carbonyl (C=O) groups is 3. The number of benzene rings is 3. The molecule has 0 bridgehead atoms. The van der Waals surface area contributed by atoms with Crippen LogP contribution in [0.4, 0.5) is 11.4 Å². The Balaban J connectivity index is 1.66. The van der Waals surface area contributed by atoms with Gasteiger partial charge in [-0.05, 0) is 86.2 Å².